The van der Waals surface area contributed by atoms with Crippen molar-refractivity contribution in [3.8, 4) is 22.6 Å². The molecule has 0 aliphatic carbocycles. The maximum Gasteiger partial charge on any atom is 0.387 e. The van der Waals surface area contributed by atoms with Crippen molar-refractivity contribution < 1.29 is 23.0 Å². The van der Waals surface area contributed by atoms with Crippen LogP contribution in [0.25, 0.3) is 11.1 Å². The molecule has 0 radical (unpaired) electrons. The summed E-state index contributed by atoms with van der Waals surface area (Å²) in [6, 6.07) is 21.0. The van der Waals surface area contributed by atoms with Gasteiger partial charge in [-0.2, -0.15) is 8.78 Å². The highest BCUT2D eigenvalue weighted by molar-refractivity contribution is 5.81. The molecule has 0 bridgehead atoms. The molecule has 0 aliphatic heterocycles. The van der Waals surface area contributed by atoms with Crippen molar-refractivity contribution in [2.45, 2.75) is 13.2 Å². The molecule has 0 heterocycles. The summed E-state index contributed by atoms with van der Waals surface area (Å²) in [5.41, 5.74) is 2.41. The molecular weight excluding hydrogens is 338 g/mol. The maximum atomic E-state index is 12.7. The molecule has 5 heteroatoms. The largest absolute Gasteiger partial charge is 0.489 e. The Hall–Kier alpha value is -3.21. The number of alkyl halides is 2. The van der Waals surface area contributed by atoms with Gasteiger partial charge in [0.25, 0.3) is 0 Å². The van der Waals surface area contributed by atoms with Crippen LogP contribution in [0.4, 0.5) is 8.78 Å². The number of carbonyl (C=O) groups is 1. The molecule has 0 saturated carbocycles. The minimum atomic E-state index is -2.95. The van der Waals surface area contributed by atoms with Gasteiger partial charge in [-0.25, -0.2) is 0 Å². The van der Waals surface area contributed by atoms with Crippen LogP contribution in [0.3, 0.4) is 0 Å². The van der Waals surface area contributed by atoms with Crippen LogP contribution < -0.4 is 9.47 Å². The molecule has 0 N–H and O–H groups in total. The Balaban J connectivity index is 1.88. The summed E-state index contributed by atoms with van der Waals surface area (Å²) >= 11 is 0. The SMILES string of the molecule is O=Cc1ccc(OC(F)F)c(-c2cccc(OCc3ccccc3)c2)c1. The fourth-order valence-corrected chi connectivity index (χ4v) is 2.54. The van der Waals surface area contributed by atoms with Gasteiger partial charge in [-0.05, 0) is 41.5 Å². The van der Waals surface area contributed by atoms with E-state index in [9.17, 15) is 13.6 Å². The first kappa shape index (κ1) is 17.6. The second-order valence-corrected chi connectivity index (χ2v) is 5.55. The zero-order valence-electron chi connectivity index (χ0n) is 13.8. The van der Waals surface area contributed by atoms with E-state index < -0.39 is 6.61 Å². The topological polar surface area (TPSA) is 35.5 Å². The molecule has 3 rings (SSSR count). The van der Waals surface area contributed by atoms with Crippen LogP contribution in [-0.2, 0) is 6.61 Å². The van der Waals surface area contributed by atoms with E-state index in [1.54, 1.807) is 24.3 Å². The molecular formula is C21H16F2O3. The number of hydrogen-bond acceptors (Lipinski definition) is 3. The van der Waals surface area contributed by atoms with Crippen LogP contribution in [0.5, 0.6) is 11.5 Å². The van der Waals surface area contributed by atoms with E-state index in [-0.39, 0.29) is 5.75 Å². The van der Waals surface area contributed by atoms with Gasteiger partial charge in [0.15, 0.2) is 0 Å². The average Bonchev–Trinajstić information content (AvgIpc) is 2.67. The monoisotopic (exact) mass is 354 g/mol. The predicted octanol–water partition coefficient (Wildman–Crippen LogP) is 5.35. The van der Waals surface area contributed by atoms with Gasteiger partial charge in [0.1, 0.15) is 24.4 Å². The number of ether oxygens (including phenoxy) is 2. The van der Waals surface area contributed by atoms with Crippen LogP contribution in [0.2, 0.25) is 0 Å². The Labute approximate surface area is 149 Å². The van der Waals surface area contributed by atoms with Gasteiger partial charge in [0, 0.05) is 11.1 Å². The molecule has 3 nitrogen and oxygen atoms in total. The lowest BCUT2D eigenvalue weighted by molar-refractivity contribution is -0.0494. The number of carbonyl (C=O) groups excluding carboxylic acids is 1. The van der Waals surface area contributed by atoms with Crippen LogP contribution in [0, 0.1) is 0 Å². The molecule has 0 saturated heterocycles. The van der Waals surface area contributed by atoms with E-state index in [0.29, 0.717) is 35.3 Å². The van der Waals surface area contributed by atoms with Crippen molar-refractivity contribution in [3.63, 3.8) is 0 Å². The third kappa shape index (κ3) is 4.45. The first-order valence-electron chi connectivity index (χ1n) is 7.97. The van der Waals surface area contributed by atoms with E-state index in [1.807, 2.05) is 30.3 Å². The molecule has 0 spiro atoms. The number of rotatable bonds is 7. The molecule has 0 fully saturated rings. The maximum absolute atomic E-state index is 12.7. The Bertz CT molecular complexity index is 879. The standard InChI is InChI=1S/C21H16F2O3/c22-21(23)26-20-10-9-16(13-24)11-19(20)17-7-4-8-18(12-17)25-14-15-5-2-1-3-6-15/h1-13,21H,14H2. The lowest BCUT2D eigenvalue weighted by Gasteiger charge is -2.13. The molecule has 0 aromatic heterocycles. The second-order valence-electron chi connectivity index (χ2n) is 5.55. The van der Waals surface area contributed by atoms with E-state index in [2.05, 4.69) is 4.74 Å². The normalized spacial score (nSPS) is 10.6. The first-order valence-corrected chi connectivity index (χ1v) is 7.97. The van der Waals surface area contributed by atoms with E-state index in [1.165, 1.54) is 18.2 Å². The third-order valence-corrected chi connectivity index (χ3v) is 3.75. The summed E-state index contributed by atoms with van der Waals surface area (Å²) in [5.74, 6) is 0.594. The van der Waals surface area contributed by atoms with Gasteiger partial charge in [-0.1, -0.05) is 42.5 Å². The van der Waals surface area contributed by atoms with Crippen LogP contribution in [-0.4, -0.2) is 12.9 Å². The van der Waals surface area contributed by atoms with Crippen LogP contribution in [0.15, 0.2) is 72.8 Å². The summed E-state index contributed by atoms with van der Waals surface area (Å²) < 4.78 is 35.7. The van der Waals surface area contributed by atoms with Gasteiger partial charge in [0.2, 0.25) is 0 Å². The minimum Gasteiger partial charge on any atom is -0.489 e. The van der Waals surface area contributed by atoms with Crippen LogP contribution >= 0.6 is 0 Å². The van der Waals surface area contributed by atoms with Crippen molar-refractivity contribution in [1.82, 2.24) is 0 Å². The molecule has 3 aromatic rings. The van der Waals surface area contributed by atoms with Crippen LogP contribution in [0.1, 0.15) is 15.9 Å². The molecule has 0 amide bonds. The molecule has 0 aliphatic rings. The molecule has 26 heavy (non-hydrogen) atoms. The Morgan fingerprint density at radius 1 is 0.923 bits per heavy atom. The highest BCUT2D eigenvalue weighted by atomic mass is 19.3. The van der Waals surface area contributed by atoms with Gasteiger partial charge >= 0.3 is 6.61 Å². The number of aldehydes is 1. The van der Waals surface area contributed by atoms with Gasteiger partial charge < -0.3 is 9.47 Å². The number of halogens is 2. The highest BCUT2D eigenvalue weighted by Gasteiger charge is 2.13. The summed E-state index contributed by atoms with van der Waals surface area (Å²) in [4.78, 5) is 11.0. The second kappa shape index (κ2) is 8.25. The Morgan fingerprint density at radius 2 is 1.73 bits per heavy atom. The predicted molar refractivity (Wildman–Crippen MR) is 94.7 cm³/mol. The van der Waals surface area contributed by atoms with Crippen molar-refractivity contribution in [2.75, 3.05) is 0 Å². The van der Waals surface area contributed by atoms with Crippen molar-refractivity contribution in [1.29, 1.82) is 0 Å². The number of hydrogen-bond donors (Lipinski definition) is 0. The molecule has 0 unspecified atom stereocenters. The van der Waals surface area contributed by atoms with E-state index >= 15 is 0 Å². The molecule has 0 atom stereocenters. The van der Waals surface area contributed by atoms with Crippen molar-refractivity contribution >= 4 is 6.29 Å². The fraction of sp³-hybridized carbons (Fsp3) is 0.0952. The van der Waals surface area contributed by atoms with Crippen molar-refractivity contribution in [3.05, 3.63) is 83.9 Å². The molecule has 132 valence electrons. The zero-order chi connectivity index (χ0) is 18.4. The quantitative estimate of drug-likeness (QED) is 0.537. The summed E-state index contributed by atoms with van der Waals surface area (Å²) in [6.07, 6.45) is 0.658. The highest BCUT2D eigenvalue weighted by Crippen LogP contribution is 2.33. The fourth-order valence-electron chi connectivity index (χ4n) is 2.54. The third-order valence-electron chi connectivity index (χ3n) is 3.75. The first-order chi connectivity index (χ1) is 12.7. The lowest BCUT2D eigenvalue weighted by Crippen LogP contribution is -2.03. The summed E-state index contributed by atoms with van der Waals surface area (Å²) in [6.45, 7) is -2.56. The number of benzene rings is 3. The Kier molecular flexibility index (Phi) is 5.59. The minimum absolute atomic E-state index is 0.00538. The van der Waals surface area contributed by atoms with E-state index in [0.717, 1.165) is 5.56 Å². The van der Waals surface area contributed by atoms with E-state index in [4.69, 9.17) is 4.74 Å². The zero-order valence-corrected chi connectivity index (χ0v) is 13.8. The van der Waals surface area contributed by atoms with Crippen molar-refractivity contribution in [2.24, 2.45) is 0 Å². The van der Waals surface area contributed by atoms with Gasteiger partial charge in [-0.3, -0.25) is 4.79 Å². The Morgan fingerprint density at radius 3 is 2.46 bits per heavy atom. The summed E-state index contributed by atoms with van der Waals surface area (Å²) in [5, 5.41) is 0. The average molecular weight is 354 g/mol. The summed E-state index contributed by atoms with van der Waals surface area (Å²) in [7, 11) is 0. The van der Waals surface area contributed by atoms with Gasteiger partial charge in [0.05, 0.1) is 0 Å². The lowest BCUT2D eigenvalue weighted by atomic mass is 10.0. The van der Waals surface area contributed by atoms with Gasteiger partial charge in [-0.15, -0.1) is 0 Å². The smallest absolute Gasteiger partial charge is 0.387 e. The molecule has 3 aromatic carbocycles.